The van der Waals surface area contributed by atoms with Gasteiger partial charge in [-0.3, -0.25) is 0 Å². The normalized spacial score (nSPS) is 12.4. The minimum absolute atomic E-state index is 0.120. The lowest BCUT2D eigenvalue weighted by atomic mass is 9.86. The zero-order valence-corrected chi connectivity index (χ0v) is 21.3. The van der Waals surface area contributed by atoms with Crippen LogP contribution < -0.4 is 14.2 Å². The van der Waals surface area contributed by atoms with E-state index in [1.165, 1.54) is 0 Å². The third-order valence-corrected chi connectivity index (χ3v) is 6.31. The van der Waals surface area contributed by atoms with Crippen LogP contribution in [-0.2, 0) is 6.61 Å². The van der Waals surface area contributed by atoms with Crippen molar-refractivity contribution in [3.05, 3.63) is 119 Å². The van der Waals surface area contributed by atoms with Crippen LogP contribution in [0.5, 0.6) is 23.0 Å². The fraction of sp³-hybridized carbons (Fsp3) is 0.188. The van der Waals surface area contributed by atoms with E-state index in [0.29, 0.717) is 47.0 Å². The van der Waals surface area contributed by atoms with Gasteiger partial charge in [0.15, 0.2) is 0 Å². The molecule has 0 heterocycles. The van der Waals surface area contributed by atoms with Crippen LogP contribution in [0, 0.1) is 0 Å². The second-order valence-corrected chi connectivity index (χ2v) is 8.61. The lowest BCUT2D eigenvalue weighted by Gasteiger charge is -2.22. The minimum atomic E-state index is -0.962. The van der Waals surface area contributed by atoms with Crippen molar-refractivity contribution in [3.8, 4) is 23.0 Å². The monoisotopic (exact) mass is 496 g/mol. The van der Waals surface area contributed by atoms with Gasteiger partial charge in [-0.2, -0.15) is 0 Å². The Bertz CT molecular complexity index is 1340. The van der Waals surface area contributed by atoms with Gasteiger partial charge in [0.1, 0.15) is 35.7 Å². The number of phenols is 1. The number of benzene rings is 4. The van der Waals surface area contributed by atoms with Gasteiger partial charge in [0.05, 0.1) is 14.2 Å². The van der Waals surface area contributed by atoms with Crippen LogP contribution in [0.15, 0.2) is 97.1 Å². The number of aliphatic hydroxyl groups excluding tert-OH is 1. The van der Waals surface area contributed by atoms with E-state index in [-0.39, 0.29) is 5.75 Å². The number of methoxy groups -OCH3 is 2. The van der Waals surface area contributed by atoms with Gasteiger partial charge in [0, 0.05) is 5.56 Å². The number of rotatable bonds is 10. The quantitative estimate of drug-likeness (QED) is 0.230. The molecule has 0 bridgehead atoms. The predicted molar refractivity (Wildman–Crippen MR) is 147 cm³/mol. The molecule has 0 amide bonds. The molecule has 4 aromatic carbocycles. The van der Waals surface area contributed by atoms with Crippen molar-refractivity contribution in [1.29, 1.82) is 0 Å². The van der Waals surface area contributed by atoms with E-state index in [2.05, 4.69) is 0 Å². The van der Waals surface area contributed by atoms with Crippen molar-refractivity contribution in [1.82, 2.24) is 0 Å². The summed E-state index contributed by atoms with van der Waals surface area (Å²) in [6, 6.07) is 30.1. The van der Waals surface area contributed by atoms with Gasteiger partial charge in [-0.05, 0) is 76.7 Å². The maximum Gasteiger partial charge on any atom is 0.123 e. The highest BCUT2D eigenvalue weighted by Crippen LogP contribution is 2.42. The third kappa shape index (κ3) is 6.13. The lowest BCUT2D eigenvalue weighted by Crippen LogP contribution is -2.05. The Labute approximate surface area is 218 Å². The van der Waals surface area contributed by atoms with E-state index in [1.54, 1.807) is 32.4 Å². The minimum Gasteiger partial charge on any atom is -0.507 e. The molecule has 0 spiro atoms. The third-order valence-electron chi connectivity index (χ3n) is 6.31. The number of phenolic OH excluding ortho intramolecular Hbond substituents is 1. The molecule has 0 aliphatic rings. The average Bonchev–Trinajstić information content (AvgIpc) is 2.95. The van der Waals surface area contributed by atoms with Gasteiger partial charge in [-0.1, -0.05) is 61.5 Å². The van der Waals surface area contributed by atoms with Crippen LogP contribution >= 0.6 is 0 Å². The van der Waals surface area contributed by atoms with Gasteiger partial charge >= 0.3 is 0 Å². The molecule has 5 nitrogen and oxygen atoms in total. The Morgan fingerprint density at radius 1 is 0.757 bits per heavy atom. The highest BCUT2D eigenvalue weighted by molar-refractivity contribution is 5.94. The molecule has 0 saturated heterocycles. The maximum atomic E-state index is 11.7. The first-order valence-corrected chi connectivity index (χ1v) is 12.2. The van der Waals surface area contributed by atoms with Gasteiger partial charge in [0.2, 0.25) is 0 Å². The first-order valence-electron chi connectivity index (χ1n) is 12.2. The summed E-state index contributed by atoms with van der Waals surface area (Å²) < 4.78 is 16.8. The summed E-state index contributed by atoms with van der Waals surface area (Å²) in [7, 11) is 3.20. The number of hydrogen-bond acceptors (Lipinski definition) is 5. The Balaban J connectivity index is 1.74. The van der Waals surface area contributed by atoms with Crippen molar-refractivity contribution >= 4 is 11.1 Å². The molecule has 0 saturated carbocycles. The Morgan fingerprint density at radius 3 is 2.11 bits per heavy atom. The van der Waals surface area contributed by atoms with Gasteiger partial charge in [-0.25, -0.2) is 0 Å². The number of hydrogen-bond donors (Lipinski definition) is 2. The predicted octanol–water partition coefficient (Wildman–Crippen LogP) is 7.04. The highest BCUT2D eigenvalue weighted by Gasteiger charge is 2.23. The molecule has 4 aromatic rings. The molecular formula is C32H32O5. The molecule has 37 heavy (non-hydrogen) atoms. The molecule has 4 rings (SSSR count). The van der Waals surface area contributed by atoms with Crippen LogP contribution in [0.25, 0.3) is 11.1 Å². The van der Waals surface area contributed by atoms with Gasteiger partial charge in [-0.15, -0.1) is 0 Å². The summed E-state index contributed by atoms with van der Waals surface area (Å²) in [5.74, 6) is 2.14. The summed E-state index contributed by atoms with van der Waals surface area (Å²) in [6.45, 7) is 2.47. The fourth-order valence-corrected chi connectivity index (χ4v) is 4.35. The summed E-state index contributed by atoms with van der Waals surface area (Å²) in [5.41, 5.74) is 4.69. The van der Waals surface area contributed by atoms with E-state index in [9.17, 15) is 10.2 Å². The summed E-state index contributed by atoms with van der Waals surface area (Å²) in [5, 5.41) is 22.5. The topological polar surface area (TPSA) is 68.2 Å². The van der Waals surface area contributed by atoms with Gasteiger partial charge in [0.25, 0.3) is 0 Å². The van der Waals surface area contributed by atoms with Crippen LogP contribution in [-0.4, -0.2) is 24.4 Å². The SMILES string of the molecule is CCC(=C(c1cccc(OC)c1)[C@H](O)c1ccc(OCc2ccccc2)cc1)c1cc(OC)ccc1O. The first kappa shape index (κ1) is 25.9. The summed E-state index contributed by atoms with van der Waals surface area (Å²) in [6.07, 6.45) is -0.390. The van der Waals surface area contributed by atoms with E-state index in [0.717, 1.165) is 16.7 Å². The fourth-order valence-electron chi connectivity index (χ4n) is 4.35. The first-order chi connectivity index (χ1) is 18.0. The molecule has 0 radical (unpaired) electrons. The second-order valence-electron chi connectivity index (χ2n) is 8.61. The van der Waals surface area contributed by atoms with Crippen molar-refractivity contribution in [2.24, 2.45) is 0 Å². The largest absolute Gasteiger partial charge is 0.507 e. The summed E-state index contributed by atoms with van der Waals surface area (Å²) in [4.78, 5) is 0. The van der Waals surface area contributed by atoms with E-state index in [1.807, 2.05) is 85.8 Å². The molecule has 0 fully saturated rings. The van der Waals surface area contributed by atoms with Crippen LogP contribution in [0.1, 0.15) is 41.7 Å². The molecule has 5 heteroatoms. The Kier molecular flexibility index (Phi) is 8.49. The summed E-state index contributed by atoms with van der Waals surface area (Å²) >= 11 is 0. The molecule has 0 aliphatic carbocycles. The Hall–Kier alpha value is -4.22. The zero-order valence-electron chi connectivity index (χ0n) is 21.3. The average molecular weight is 497 g/mol. The highest BCUT2D eigenvalue weighted by atomic mass is 16.5. The van der Waals surface area contributed by atoms with Crippen LogP contribution in [0.2, 0.25) is 0 Å². The molecule has 1 atom stereocenters. The maximum absolute atomic E-state index is 11.7. The van der Waals surface area contributed by atoms with E-state index >= 15 is 0 Å². The van der Waals surface area contributed by atoms with Gasteiger partial charge < -0.3 is 24.4 Å². The zero-order chi connectivity index (χ0) is 26.2. The number of aromatic hydroxyl groups is 1. The van der Waals surface area contributed by atoms with E-state index < -0.39 is 6.10 Å². The molecule has 2 N–H and O–H groups in total. The van der Waals surface area contributed by atoms with E-state index in [4.69, 9.17) is 14.2 Å². The number of allylic oxidation sites excluding steroid dienone is 1. The molecular weight excluding hydrogens is 464 g/mol. The molecule has 0 unspecified atom stereocenters. The van der Waals surface area contributed by atoms with Crippen LogP contribution in [0.4, 0.5) is 0 Å². The smallest absolute Gasteiger partial charge is 0.123 e. The molecule has 0 aliphatic heterocycles. The molecule has 190 valence electrons. The number of aliphatic hydroxyl groups is 1. The van der Waals surface area contributed by atoms with Crippen LogP contribution in [0.3, 0.4) is 0 Å². The standard InChI is InChI=1S/C32H32O5/c1-4-28(29-20-27(36-3)17-18-30(29)33)31(24-11-8-12-26(19-24)35-2)32(34)23-13-15-25(16-14-23)37-21-22-9-6-5-7-10-22/h5-20,32-34H,4,21H2,1-3H3/t32-/m1/s1. The van der Waals surface area contributed by atoms with Crippen molar-refractivity contribution in [2.75, 3.05) is 14.2 Å². The van der Waals surface area contributed by atoms with Crippen molar-refractivity contribution in [2.45, 2.75) is 26.1 Å². The lowest BCUT2D eigenvalue weighted by molar-refractivity contribution is 0.238. The van der Waals surface area contributed by atoms with Crippen molar-refractivity contribution in [3.63, 3.8) is 0 Å². The second kappa shape index (κ2) is 12.2. The van der Waals surface area contributed by atoms with Crippen molar-refractivity contribution < 1.29 is 24.4 Å². The number of ether oxygens (including phenoxy) is 3. The Morgan fingerprint density at radius 2 is 1.43 bits per heavy atom. The molecule has 0 aromatic heterocycles.